The van der Waals surface area contributed by atoms with Crippen LogP contribution < -0.4 is 10.6 Å². The van der Waals surface area contributed by atoms with Crippen molar-refractivity contribution in [2.75, 3.05) is 10.6 Å². The van der Waals surface area contributed by atoms with Crippen LogP contribution in [0.1, 0.15) is 20.7 Å². The molecule has 0 radical (unpaired) electrons. The molecule has 0 spiro atoms. The molecule has 0 atom stereocenters. The van der Waals surface area contributed by atoms with Crippen LogP contribution in [0.2, 0.25) is 0 Å². The first-order chi connectivity index (χ1) is 9.50. The summed E-state index contributed by atoms with van der Waals surface area (Å²) in [4.78, 5) is 24.8. The van der Waals surface area contributed by atoms with Crippen LogP contribution in [0.15, 0.2) is 36.4 Å². The number of nitrogen functional groups attached to an aromatic ring is 1. The van der Waals surface area contributed by atoms with Crippen LogP contribution in [0.5, 0.6) is 0 Å². The third-order valence-electron chi connectivity index (χ3n) is 3.07. The number of para-hydroxylation sites is 1. The third kappa shape index (κ3) is 1.58. The van der Waals surface area contributed by atoms with E-state index in [1.165, 1.54) is 18.2 Å². The van der Waals surface area contributed by atoms with Gasteiger partial charge in [-0.05, 0) is 30.3 Å². The molecule has 0 aliphatic carbocycles. The number of carbonyl (C=O) groups excluding carboxylic acids is 2. The van der Waals surface area contributed by atoms with Gasteiger partial charge in [-0.1, -0.05) is 6.07 Å². The molecule has 100 valence electrons. The number of hydrogen-bond donors (Lipinski definition) is 1. The molecule has 0 bridgehead atoms. The van der Waals surface area contributed by atoms with Gasteiger partial charge in [0.2, 0.25) is 0 Å². The maximum atomic E-state index is 13.7. The minimum Gasteiger partial charge on any atom is -0.399 e. The van der Waals surface area contributed by atoms with E-state index in [9.17, 15) is 18.4 Å². The normalized spacial score (nSPS) is 13.8. The molecule has 1 aliphatic rings. The number of fused-ring (bicyclic) bond motifs is 1. The molecule has 2 amide bonds. The van der Waals surface area contributed by atoms with Gasteiger partial charge in [-0.2, -0.15) is 0 Å². The second kappa shape index (κ2) is 4.12. The van der Waals surface area contributed by atoms with Crippen molar-refractivity contribution in [3.05, 3.63) is 59.2 Å². The van der Waals surface area contributed by atoms with Crippen molar-refractivity contribution in [3.63, 3.8) is 0 Å². The highest BCUT2D eigenvalue weighted by atomic mass is 19.1. The molecule has 0 saturated heterocycles. The number of carbonyl (C=O) groups is 2. The van der Waals surface area contributed by atoms with Crippen molar-refractivity contribution >= 4 is 23.2 Å². The van der Waals surface area contributed by atoms with Crippen molar-refractivity contribution in [2.24, 2.45) is 0 Å². The highest BCUT2D eigenvalue weighted by molar-refractivity contribution is 6.34. The molecule has 0 aromatic heterocycles. The first-order valence-electron chi connectivity index (χ1n) is 5.73. The summed E-state index contributed by atoms with van der Waals surface area (Å²) in [6.07, 6.45) is 0. The Morgan fingerprint density at radius 2 is 1.50 bits per heavy atom. The fourth-order valence-electron chi connectivity index (χ4n) is 2.16. The molecule has 2 aromatic carbocycles. The van der Waals surface area contributed by atoms with Crippen LogP contribution in [0.3, 0.4) is 0 Å². The van der Waals surface area contributed by atoms with E-state index in [0.29, 0.717) is 10.6 Å². The standard InChI is InChI=1S/C14H8F2N2O2/c15-10-2-1-3-11(16)12(10)18-13(19)8-5-4-7(17)6-9(8)14(18)20/h1-6H,17H2. The summed E-state index contributed by atoms with van der Waals surface area (Å²) < 4.78 is 27.5. The Balaban J connectivity index is 2.20. The topological polar surface area (TPSA) is 63.4 Å². The average Bonchev–Trinajstić information content (AvgIpc) is 2.63. The van der Waals surface area contributed by atoms with Gasteiger partial charge in [0.1, 0.15) is 17.3 Å². The summed E-state index contributed by atoms with van der Waals surface area (Å²) in [5, 5.41) is 0. The Bertz CT molecular complexity index is 739. The van der Waals surface area contributed by atoms with E-state index >= 15 is 0 Å². The van der Waals surface area contributed by atoms with Crippen LogP contribution in [0, 0.1) is 11.6 Å². The molecule has 20 heavy (non-hydrogen) atoms. The third-order valence-corrected chi connectivity index (χ3v) is 3.07. The summed E-state index contributed by atoms with van der Waals surface area (Å²) in [6, 6.07) is 7.25. The summed E-state index contributed by atoms with van der Waals surface area (Å²) in [5.41, 5.74) is 5.29. The smallest absolute Gasteiger partial charge is 0.266 e. The highest BCUT2D eigenvalue weighted by Crippen LogP contribution is 2.32. The van der Waals surface area contributed by atoms with E-state index in [4.69, 9.17) is 5.73 Å². The maximum absolute atomic E-state index is 13.7. The number of nitrogens with zero attached hydrogens (tertiary/aromatic N) is 1. The zero-order chi connectivity index (χ0) is 14.4. The molecule has 0 saturated carbocycles. The van der Waals surface area contributed by atoms with Gasteiger partial charge in [0, 0.05) is 5.69 Å². The predicted octanol–water partition coefficient (Wildman–Crippen LogP) is 2.35. The zero-order valence-corrected chi connectivity index (χ0v) is 10.1. The molecule has 3 rings (SSSR count). The van der Waals surface area contributed by atoms with E-state index < -0.39 is 29.1 Å². The Morgan fingerprint density at radius 1 is 0.900 bits per heavy atom. The SMILES string of the molecule is Nc1ccc2c(c1)C(=O)N(c1c(F)cccc1F)C2=O. The van der Waals surface area contributed by atoms with Crippen LogP contribution in [-0.4, -0.2) is 11.8 Å². The fourth-order valence-corrected chi connectivity index (χ4v) is 2.16. The molecule has 2 aromatic rings. The molecule has 1 aliphatic heterocycles. The van der Waals surface area contributed by atoms with Crippen LogP contribution in [0.4, 0.5) is 20.2 Å². The highest BCUT2D eigenvalue weighted by Gasteiger charge is 2.39. The van der Waals surface area contributed by atoms with Crippen molar-refractivity contribution in [3.8, 4) is 0 Å². The summed E-state index contributed by atoms with van der Waals surface area (Å²) in [5.74, 6) is -3.52. The monoisotopic (exact) mass is 274 g/mol. The second-order valence-corrected chi connectivity index (χ2v) is 4.32. The van der Waals surface area contributed by atoms with E-state index in [1.807, 2.05) is 0 Å². The van der Waals surface area contributed by atoms with E-state index in [-0.39, 0.29) is 11.1 Å². The lowest BCUT2D eigenvalue weighted by Gasteiger charge is -2.15. The number of rotatable bonds is 1. The van der Waals surface area contributed by atoms with Gasteiger partial charge < -0.3 is 5.73 Å². The van der Waals surface area contributed by atoms with Gasteiger partial charge in [0.15, 0.2) is 0 Å². The first kappa shape index (κ1) is 12.3. The molecule has 0 fully saturated rings. The number of halogens is 2. The van der Waals surface area contributed by atoms with Gasteiger partial charge in [-0.15, -0.1) is 0 Å². The van der Waals surface area contributed by atoms with Crippen molar-refractivity contribution in [1.29, 1.82) is 0 Å². The number of anilines is 2. The second-order valence-electron chi connectivity index (χ2n) is 4.32. The van der Waals surface area contributed by atoms with Crippen LogP contribution in [-0.2, 0) is 0 Å². The number of imide groups is 1. The molecule has 6 heteroatoms. The lowest BCUT2D eigenvalue weighted by Crippen LogP contribution is -2.31. The number of nitrogens with two attached hydrogens (primary N) is 1. The molecule has 1 heterocycles. The largest absolute Gasteiger partial charge is 0.399 e. The molecule has 2 N–H and O–H groups in total. The minimum atomic E-state index is -0.979. The van der Waals surface area contributed by atoms with Gasteiger partial charge >= 0.3 is 0 Å². The van der Waals surface area contributed by atoms with Crippen molar-refractivity contribution < 1.29 is 18.4 Å². The summed E-state index contributed by atoms with van der Waals surface area (Å²) in [6.45, 7) is 0. The lowest BCUT2D eigenvalue weighted by atomic mass is 10.1. The number of amides is 2. The zero-order valence-electron chi connectivity index (χ0n) is 10.1. The number of hydrogen-bond acceptors (Lipinski definition) is 3. The predicted molar refractivity (Wildman–Crippen MR) is 68.4 cm³/mol. The molecular weight excluding hydrogens is 266 g/mol. The van der Waals surface area contributed by atoms with Gasteiger partial charge in [0.05, 0.1) is 11.1 Å². The van der Waals surface area contributed by atoms with Crippen LogP contribution in [0.25, 0.3) is 0 Å². The van der Waals surface area contributed by atoms with E-state index in [0.717, 1.165) is 18.2 Å². The molecular formula is C14H8F2N2O2. The fraction of sp³-hybridized carbons (Fsp3) is 0. The molecule has 4 nitrogen and oxygen atoms in total. The lowest BCUT2D eigenvalue weighted by molar-refractivity contribution is 0.0923. The minimum absolute atomic E-state index is 0.0395. The Hall–Kier alpha value is -2.76. The van der Waals surface area contributed by atoms with E-state index in [2.05, 4.69) is 0 Å². The first-order valence-corrected chi connectivity index (χ1v) is 5.73. The summed E-state index contributed by atoms with van der Waals surface area (Å²) >= 11 is 0. The molecule has 0 unspecified atom stereocenters. The van der Waals surface area contributed by atoms with Crippen LogP contribution >= 0.6 is 0 Å². The Kier molecular flexibility index (Phi) is 2.53. The average molecular weight is 274 g/mol. The van der Waals surface area contributed by atoms with Gasteiger partial charge in [0.25, 0.3) is 11.8 Å². The van der Waals surface area contributed by atoms with Crippen molar-refractivity contribution in [1.82, 2.24) is 0 Å². The number of benzene rings is 2. The quantitative estimate of drug-likeness (QED) is 0.641. The Morgan fingerprint density at radius 3 is 2.15 bits per heavy atom. The summed E-state index contributed by atoms with van der Waals surface area (Å²) in [7, 11) is 0. The van der Waals surface area contributed by atoms with Crippen molar-refractivity contribution in [2.45, 2.75) is 0 Å². The van der Waals surface area contributed by atoms with Gasteiger partial charge in [-0.25, -0.2) is 13.7 Å². The van der Waals surface area contributed by atoms with E-state index in [1.54, 1.807) is 0 Å². The van der Waals surface area contributed by atoms with Gasteiger partial charge in [-0.3, -0.25) is 9.59 Å². The maximum Gasteiger partial charge on any atom is 0.266 e. The Labute approximate surface area is 112 Å².